The Hall–Kier alpha value is -1.84. The lowest BCUT2D eigenvalue weighted by molar-refractivity contribution is -0.134. The molecule has 1 amide bonds. The molecule has 0 aliphatic heterocycles. The normalized spacial score (nSPS) is 9.82. The smallest absolute Gasteiger partial charge is 0.310 e. The molecule has 1 aromatic carbocycles. The van der Waals surface area contributed by atoms with Gasteiger partial charge in [0.1, 0.15) is 5.75 Å². The second-order valence-electron chi connectivity index (χ2n) is 3.63. The van der Waals surface area contributed by atoms with Crippen molar-refractivity contribution in [2.45, 2.75) is 26.7 Å². The zero-order valence-electron chi connectivity index (χ0n) is 10.4. The van der Waals surface area contributed by atoms with Gasteiger partial charge in [-0.2, -0.15) is 0 Å². The van der Waals surface area contributed by atoms with Gasteiger partial charge in [0.15, 0.2) is 0 Å². The summed E-state index contributed by atoms with van der Waals surface area (Å²) in [5.41, 5.74) is 0.785. The lowest BCUT2D eigenvalue weighted by Crippen LogP contribution is -2.24. The molecule has 0 atom stereocenters. The zero-order valence-corrected chi connectivity index (χ0v) is 10.4. The van der Waals surface area contributed by atoms with Crippen molar-refractivity contribution in [2.75, 3.05) is 11.9 Å². The van der Waals surface area contributed by atoms with Crippen LogP contribution in [-0.4, -0.2) is 18.9 Å². The fraction of sp³-hybridized carbons (Fsp3) is 0.385. The van der Waals surface area contributed by atoms with Gasteiger partial charge in [-0.25, -0.2) is 0 Å². The number of carbonyl (C=O) groups is 2. The second-order valence-corrected chi connectivity index (χ2v) is 3.63. The van der Waals surface area contributed by atoms with Crippen LogP contribution in [0.15, 0.2) is 24.3 Å². The summed E-state index contributed by atoms with van der Waals surface area (Å²) in [6.45, 7) is 3.56. The Bertz CT molecular complexity index is 398. The fourth-order valence-corrected chi connectivity index (χ4v) is 1.32. The molecule has 4 nitrogen and oxygen atoms in total. The van der Waals surface area contributed by atoms with E-state index in [1.807, 2.05) is 6.92 Å². The van der Waals surface area contributed by atoms with E-state index in [0.29, 0.717) is 18.6 Å². The van der Waals surface area contributed by atoms with Crippen LogP contribution in [-0.2, 0) is 9.59 Å². The minimum Gasteiger partial charge on any atom is -0.427 e. The minimum absolute atomic E-state index is 0.0447. The summed E-state index contributed by atoms with van der Waals surface area (Å²) in [4.78, 5) is 24.1. The maximum absolute atomic E-state index is 11.5. The Kier molecular flexibility index (Phi) is 4.69. The molecule has 0 aromatic heterocycles. The molecule has 0 bridgehead atoms. The molecule has 0 radical (unpaired) electrons. The first-order valence-corrected chi connectivity index (χ1v) is 5.65. The van der Waals surface area contributed by atoms with Crippen LogP contribution in [0.25, 0.3) is 0 Å². The van der Waals surface area contributed by atoms with E-state index >= 15 is 0 Å². The van der Waals surface area contributed by atoms with Crippen LogP contribution in [0.3, 0.4) is 0 Å². The summed E-state index contributed by atoms with van der Waals surface area (Å²) in [6.07, 6.45) is 0.805. The fourth-order valence-electron chi connectivity index (χ4n) is 1.32. The van der Waals surface area contributed by atoms with Crippen molar-refractivity contribution < 1.29 is 14.3 Å². The van der Waals surface area contributed by atoms with Gasteiger partial charge in [-0.15, -0.1) is 0 Å². The number of ether oxygens (including phenoxy) is 1. The van der Waals surface area contributed by atoms with Crippen LogP contribution in [0.5, 0.6) is 5.75 Å². The van der Waals surface area contributed by atoms with Gasteiger partial charge in [0.25, 0.3) is 0 Å². The summed E-state index contributed by atoms with van der Waals surface area (Å²) < 4.78 is 5.04. The van der Waals surface area contributed by atoms with Crippen molar-refractivity contribution in [3.05, 3.63) is 24.3 Å². The number of esters is 1. The topological polar surface area (TPSA) is 46.6 Å². The van der Waals surface area contributed by atoms with Crippen LogP contribution in [0.4, 0.5) is 5.69 Å². The Morgan fingerprint density at radius 1 is 1.12 bits per heavy atom. The molecular formula is C13H17NO3. The van der Waals surface area contributed by atoms with E-state index in [2.05, 4.69) is 0 Å². The Balaban J connectivity index is 2.74. The van der Waals surface area contributed by atoms with Crippen molar-refractivity contribution in [3.8, 4) is 5.75 Å². The number of carbonyl (C=O) groups excluding carboxylic acids is 2. The number of anilines is 1. The van der Waals surface area contributed by atoms with Gasteiger partial charge in [-0.05, 0) is 24.3 Å². The predicted molar refractivity (Wildman–Crippen MR) is 66.1 cm³/mol. The summed E-state index contributed by atoms with van der Waals surface area (Å²) in [5, 5.41) is 0. The molecule has 0 N–H and O–H groups in total. The zero-order chi connectivity index (χ0) is 12.8. The Morgan fingerprint density at radius 3 is 2.18 bits per heavy atom. The van der Waals surface area contributed by atoms with Gasteiger partial charge in [0.05, 0.1) is 0 Å². The summed E-state index contributed by atoms with van der Waals surface area (Å²) >= 11 is 0. The third-order valence-electron chi connectivity index (χ3n) is 2.42. The highest BCUT2D eigenvalue weighted by atomic mass is 16.5. The summed E-state index contributed by atoms with van der Waals surface area (Å²) in [7, 11) is 1.72. The molecular weight excluding hydrogens is 218 g/mol. The van der Waals surface area contributed by atoms with Crippen LogP contribution < -0.4 is 9.64 Å². The van der Waals surface area contributed by atoms with Crippen molar-refractivity contribution in [3.63, 3.8) is 0 Å². The quantitative estimate of drug-likeness (QED) is 0.594. The number of nitrogens with zero attached hydrogens (tertiary/aromatic N) is 1. The van der Waals surface area contributed by atoms with E-state index in [9.17, 15) is 9.59 Å². The maximum atomic E-state index is 11.5. The first-order valence-electron chi connectivity index (χ1n) is 5.65. The third-order valence-corrected chi connectivity index (χ3v) is 2.42. The lowest BCUT2D eigenvalue weighted by atomic mass is 10.2. The summed E-state index contributed by atoms with van der Waals surface area (Å²) in [5.74, 6) is 0.275. The molecule has 0 aliphatic rings. The standard InChI is InChI=1S/C13H17NO3/c1-4-12(15)14(3)10-6-8-11(9-7-10)17-13(16)5-2/h6-9H,4-5H2,1-3H3. The molecule has 1 rings (SSSR count). The van der Waals surface area contributed by atoms with Gasteiger partial charge in [0, 0.05) is 25.6 Å². The second kappa shape index (κ2) is 6.03. The van der Waals surface area contributed by atoms with Crippen molar-refractivity contribution in [1.82, 2.24) is 0 Å². The molecule has 0 saturated heterocycles. The highest BCUT2D eigenvalue weighted by Gasteiger charge is 2.08. The largest absolute Gasteiger partial charge is 0.427 e. The minimum atomic E-state index is -0.268. The highest BCUT2D eigenvalue weighted by molar-refractivity contribution is 5.92. The molecule has 17 heavy (non-hydrogen) atoms. The Labute approximate surface area is 101 Å². The molecule has 1 aromatic rings. The van der Waals surface area contributed by atoms with E-state index in [1.165, 1.54) is 0 Å². The molecule has 4 heteroatoms. The molecule has 0 aliphatic carbocycles. The van der Waals surface area contributed by atoms with Crippen molar-refractivity contribution >= 4 is 17.6 Å². The van der Waals surface area contributed by atoms with E-state index in [-0.39, 0.29) is 11.9 Å². The van der Waals surface area contributed by atoms with E-state index < -0.39 is 0 Å². The van der Waals surface area contributed by atoms with Crippen LogP contribution in [0, 0.1) is 0 Å². The number of hydrogen-bond donors (Lipinski definition) is 0. The first kappa shape index (κ1) is 13.2. The first-order chi connectivity index (χ1) is 8.08. The molecule has 0 spiro atoms. The number of rotatable bonds is 4. The van der Waals surface area contributed by atoms with Crippen LogP contribution >= 0.6 is 0 Å². The van der Waals surface area contributed by atoms with Crippen LogP contribution in [0.1, 0.15) is 26.7 Å². The Morgan fingerprint density at radius 2 is 1.71 bits per heavy atom. The van der Waals surface area contributed by atoms with E-state index in [1.54, 1.807) is 43.1 Å². The molecule has 0 heterocycles. The van der Waals surface area contributed by atoms with Gasteiger partial charge in [-0.3, -0.25) is 9.59 Å². The highest BCUT2D eigenvalue weighted by Crippen LogP contribution is 2.19. The van der Waals surface area contributed by atoms with Crippen LogP contribution in [0.2, 0.25) is 0 Å². The molecule has 0 fully saturated rings. The number of hydrogen-bond acceptors (Lipinski definition) is 3. The SMILES string of the molecule is CCC(=O)Oc1ccc(N(C)C(=O)CC)cc1. The predicted octanol–water partition coefficient (Wildman–Crippen LogP) is 2.37. The van der Waals surface area contributed by atoms with Gasteiger partial charge >= 0.3 is 5.97 Å². The van der Waals surface area contributed by atoms with Crippen molar-refractivity contribution in [1.29, 1.82) is 0 Å². The molecule has 0 unspecified atom stereocenters. The monoisotopic (exact) mass is 235 g/mol. The van der Waals surface area contributed by atoms with Gasteiger partial charge in [0.2, 0.25) is 5.91 Å². The van der Waals surface area contributed by atoms with Gasteiger partial charge < -0.3 is 9.64 Å². The van der Waals surface area contributed by atoms with Gasteiger partial charge in [-0.1, -0.05) is 13.8 Å². The number of benzene rings is 1. The number of amides is 1. The van der Waals surface area contributed by atoms with Crippen molar-refractivity contribution in [2.24, 2.45) is 0 Å². The maximum Gasteiger partial charge on any atom is 0.310 e. The van der Waals surface area contributed by atoms with E-state index in [0.717, 1.165) is 5.69 Å². The molecule has 0 saturated carbocycles. The molecule has 92 valence electrons. The third kappa shape index (κ3) is 3.59. The summed E-state index contributed by atoms with van der Waals surface area (Å²) in [6, 6.07) is 6.88. The average molecular weight is 235 g/mol. The average Bonchev–Trinajstić information content (AvgIpc) is 2.37. The lowest BCUT2D eigenvalue weighted by Gasteiger charge is -2.16. The van der Waals surface area contributed by atoms with E-state index in [4.69, 9.17) is 4.74 Å².